The maximum absolute atomic E-state index is 12.4. The second-order valence-corrected chi connectivity index (χ2v) is 9.41. The lowest BCUT2D eigenvalue weighted by atomic mass is 10.0. The number of rotatable bonds is 12. The lowest BCUT2D eigenvalue weighted by Gasteiger charge is -2.16. The van der Waals surface area contributed by atoms with Gasteiger partial charge in [-0.3, -0.25) is 9.78 Å². The SMILES string of the molecule is CC(C)c1ccc(O[C@H](Cc2ccc(OCCNC(=O)c3ccc(-c4ccccn4)cc3)cc2)C(=O)O)cc1. The molecule has 0 aliphatic carbocycles. The quantitative estimate of drug-likeness (QED) is 0.229. The highest BCUT2D eigenvalue weighted by Gasteiger charge is 2.20. The van der Waals surface area contributed by atoms with Gasteiger partial charge in [0.05, 0.1) is 12.2 Å². The van der Waals surface area contributed by atoms with Crippen molar-refractivity contribution in [1.82, 2.24) is 10.3 Å². The van der Waals surface area contributed by atoms with Crippen molar-refractivity contribution in [3.05, 3.63) is 114 Å². The van der Waals surface area contributed by atoms with Gasteiger partial charge in [-0.1, -0.05) is 56.3 Å². The van der Waals surface area contributed by atoms with E-state index in [1.807, 2.05) is 54.6 Å². The van der Waals surface area contributed by atoms with E-state index in [1.165, 1.54) is 5.56 Å². The molecule has 1 heterocycles. The van der Waals surface area contributed by atoms with Crippen molar-refractivity contribution in [2.24, 2.45) is 0 Å². The van der Waals surface area contributed by atoms with Crippen LogP contribution in [-0.2, 0) is 11.2 Å². The zero-order valence-corrected chi connectivity index (χ0v) is 22.0. The first kappa shape index (κ1) is 27.4. The number of carboxylic acids is 1. The molecule has 0 unspecified atom stereocenters. The molecule has 4 rings (SSSR count). The van der Waals surface area contributed by atoms with Crippen molar-refractivity contribution in [2.45, 2.75) is 32.3 Å². The molecule has 2 N–H and O–H groups in total. The highest BCUT2D eigenvalue weighted by molar-refractivity contribution is 5.94. The molecule has 0 aliphatic rings. The van der Waals surface area contributed by atoms with Crippen LogP contribution in [0.5, 0.6) is 11.5 Å². The molecule has 7 heteroatoms. The Balaban J connectivity index is 1.22. The van der Waals surface area contributed by atoms with Gasteiger partial charge in [-0.25, -0.2) is 4.79 Å². The van der Waals surface area contributed by atoms with Gasteiger partial charge in [0.2, 0.25) is 0 Å². The Morgan fingerprint density at radius 2 is 1.56 bits per heavy atom. The highest BCUT2D eigenvalue weighted by atomic mass is 16.5. The number of nitrogens with zero attached hydrogens (tertiary/aromatic N) is 1. The average Bonchev–Trinajstić information content (AvgIpc) is 2.96. The third kappa shape index (κ3) is 7.92. The summed E-state index contributed by atoms with van der Waals surface area (Å²) in [5.74, 6) is 0.343. The molecule has 1 amide bonds. The van der Waals surface area contributed by atoms with Crippen molar-refractivity contribution < 1.29 is 24.2 Å². The summed E-state index contributed by atoms with van der Waals surface area (Å²) in [6.45, 7) is 4.84. The first-order valence-corrected chi connectivity index (χ1v) is 12.9. The summed E-state index contributed by atoms with van der Waals surface area (Å²) in [6, 6.07) is 27.7. The van der Waals surface area contributed by atoms with Crippen molar-refractivity contribution in [3.8, 4) is 22.8 Å². The second kappa shape index (κ2) is 13.2. The molecule has 0 saturated carbocycles. The first-order valence-electron chi connectivity index (χ1n) is 12.9. The van der Waals surface area contributed by atoms with Gasteiger partial charge in [0, 0.05) is 23.7 Å². The van der Waals surface area contributed by atoms with Crippen molar-refractivity contribution in [3.63, 3.8) is 0 Å². The Labute approximate surface area is 228 Å². The van der Waals surface area contributed by atoms with Gasteiger partial charge >= 0.3 is 5.97 Å². The second-order valence-electron chi connectivity index (χ2n) is 9.41. The van der Waals surface area contributed by atoms with Crippen LogP contribution in [0, 0.1) is 0 Å². The summed E-state index contributed by atoms with van der Waals surface area (Å²) in [5.41, 5.74) is 4.34. The van der Waals surface area contributed by atoms with E-state index < -0.39 is 12.1 Å². The summed E-state index contributed by atoms with van der Waals surface area (Å²) in [5, 5.41) is 12.5. The van der Waals surface area contributed by atoms with E-state index in [0.717, 1.165) is 16.8 Å². The van der Waals surface area contributed by atoms with Crippen LogP contribution in [0.25, 0.3) is 11.3 Å². The van der Waals surface area contributed by atoms with Gasteiger partial charge in [0.15, 0.2) is 6.10 Å². The monoisotopic (exact) mass is 524 g/mol. The van der Waals surface area contributed by atoms with Crippen LogP contribution in [0.2, 0.25) is 0 Å². The van der Waals surface area contributed by atoms with Gasteiger partial charge in [-0.15, -0.1) is 0 Å². The Bertz CT molecular complexity index is 1350. The van der Waals surface area contributed by atoms with Crippen LogP contribution in [0.3, 0.4) is 0 Å². The van der Waals surface area contributed by atoms with E-state index in [1.54, 1.807) is 42.6 Å². The summed E-state index contributed by atoms with van der Waals surface area (Å²) >= 11 is 0. The number of carbonyl (C=O) groups excluding carboxylic acids is 1. The zero-order chi connectivity index (χ0) is 27.6. The number of aliphatic carboxylic acids is 1. The van der Waals surface area contributed by atoms with E-state index in [0.29, 0.717) is 36.1 Å². The number of hydrogen-bond acceptors (Lipinski definition) is 5. The number of aromatic nitrogens is 1. The van der Waals surface area contributed by atoms with E-state index in [9.17, 15) is 14.7 Å². The highest BCUT2D eigenvalue weighted by Crippen LogP contribution is 2.21. The molecular formula is C32H32N2O5. The van der Waals surface area contributed by atoms with Crippen LogP contribution in [0.4, 0.5) is 0 Å². The molecule has 0 fully saturated rings. The van der Waals surface area contributed by atoms with E-state index in [-0.39, 0.29) is 12.3 Å². The molecule has 7 nitrogen and oxygen atoms in total. The number of pyridine rings is 1. The van der Waals surface area contributed by atoms with E-state index in [4.69, 9.17) is 9.47 Å². The minimum absolute atomic E-state index is 0.180. The molecule has 3 aromatic carbocycles. The van der Waals surface area contributed by atoms with Crippen LogP contribution >= 0.6 is 0 Å². The topological polar surface area (TPSA) is 97.8 Å². The lowest BCUT2D eigenvalue weighted by Crippen LogP contribution is -2.29. The number of hydrogen-bond donors (Lipinski definition) is 2. The normalized spacial score (nSPS) is 11.6. The fourth-order valence-electron chi connectivity index (χ4n) is 3.97. The first-order chi connectivity index (χ1) is 18.9. The van der Waals surface area contributed by atoms with Gasteiger partial charge in [-0.2, -0.15) is 0 Å². The largest absolute Gasteiger partial charge is 0.492 e. The molecule has 39 heavy (non-hydrogen) atoms. The zero-order valence-electron chi connectivity index (χ0n) is 22.0. The number of ether oxygens (including phenoxy) is 2. The summed E-state index contributed by atoms with van der Waals surface area (Å²) in [4.78, 5) is 28.5. The van der Waals surface area contributed by atoms with Crippen molar-refractivity contribution in [2.75, 3.05) is 13.2 Å². The molecule has 0 saturated heterocycles. The maximum Gasteiger partial charge on any atom is 0.345 e. The van der Waals surface area contributed by atoms with Gasteiger partial charge in [0.1, 0.15) is 18.1 Å². The van der Waals surface area contributed by atoms with Gasteiger partial charge in [-0.05, 0) is 65.6 Å². The number of carboxylic acid groups (broad SMARTS) is 1. The Morgan fingerprint density at radius 1 is 0.872 bits per heavy atom. The lowest BCUT2D eigenvalue weighted by molar-refractivity contribution is -0.145. The number of nitrogens with one attached hydrogen (secondary N) is 1. The predicted molar refractivity (Wildman–Crippen MR) is 150 cm³/mol. The van der Waals surface area contributed by atoms with Gasteiger partial charge < -0.3 is 19.9 Å². The summed E-state index contributed by atoms with van der Waals surface area (Å²) in [6.07, 6.45) is 0.949. The number of carbonyl (C=O) groups is 2. The predicted octanol–water partition coefficient (Wildman–Crippen LogP) is 5.76. The fraction of sp³-hybridized carbons (Fsp3) is 0.219. The number of amides is 1. The minimum Gasteiger partial charge on any atom is -0.492 e. The fourth-order valence-corrected chi connectivity index (χ4v) is 3.97. The third-order valence-corrected chi connectivity index (χ3v) is 6.21. The van der Waals surface area contributed by atoms with Crippen LogP contribution < -0.4 is 14.8 Å². The number of benzene rings is 3. The van der Waals surface area contributed by atoms with Gasteiger partial charge in [0.25, 0.3) is 5.91 Å². The molecule has 200 valence electrons. The molecule has 0 aliphatic heterocycles. The molecule has 0 spiro atoms. The Morgan fingerprint density at radius 3 is 2.18 bits per heavy atom. The maximum atomic E-state index is 12.4. The summed E-state index contributed by atoms with van der Waals surface area (Å²) < 4.78 is 11.5. The standard InChI is InChI=1S/C32H32N2O5/c1-22(2)24-12-16-28(17-13-24)39-30(32(36)37)21-23-6-14-27(15-7-23)38-20-19-34-31(35)26-10-8-25(9-11-26)29-5-3-4-18-33-29/h3-18,22,30H,19-21H2,1-2H3,(H,34,35)(H,36,37)/t30-/m1/s1. The third-order valence-electron chi connectivity index (χ3n) is 6.21. The van der Waals surface area contributed by atoms with E-state index >= 15 is 0 Å². The molecule has 0 bridgehead atoms. The Kier molecular flexibility index (Phi) is 9.29. The molecule has 1 aromatic heterocycles. The molecule has 4 aromatic rings. The smallest absolute Gasteiger partial charge is 0.345 e. The van der Waals surface area contributed by atoms with Crippen molar-refractivity contribution >= 4 is 11.9 Å². The summed E-state index contributed by atoms with van der Waals surface area (Å²) in [7, 11) is 0. The average molecular weight is 525 g/mol. The molecule has 0 radical (unpaired) electrons. The van der Waals surface area contributed by atoms with Crippen molar-refractivity contribution in [1.29, 1.82) is 0 Å². The minimum atomic E-state index is -1.02. The van der Waals surface area contributed by atoms with Crippen LogP contribution in [0.15, 0.2) is 97.2 Å². The van der Waals surface area contributed by atoms with Crippen LogP contribution in [-0.4, -0.2) is 41.2 Å². The molecular weight excluding hydrogens is 492 g/mol. The van der Waals surface area contributed by atoms with E-state index in [2.05, 4.69) is 24.1 Å². The molecule has 1 atom stereocenters. The Hall–Kier alpha value is -4.65. The van der Waals surface area contributed by atoms with Crippen LogP contribution in [0.1, 0.15) is 41.3 Å².